The average molecular weight is 528 g/mol. The summed E-state index contributed by atoms with van der Waals surface area (Å²) in [6, 6.07) is 16.7. The Balaban J connectivity index is 1.66. The first-order valence-corrected chi connectivity index (χ1v) is 17.6. The van der Waals surface area contributed by atoms with Crippen molar-refractivity contribution in [3.63, 3.8) is 0 Å². The van der Waals surface area contributed by atoms with E-state index in [1.165, 1.54) is 0 Å². The van der Waals surface area contributed by atoms with Crippen molar-refractivity contribution in [2.24, 2.45) is 0 Å². The van der Waals surface area contributed by atoms with E-state index in [-0.39, 0.29) is 18.3 Å². The van der Waals surface area contributed by atoms with E-state index in [4.69, 9.17) is 23.4 Å². The monoisotopic (exact) mass is 527 g/mol. The smallest absolute Gasteiger partial charge is 0.335 e. The molecule has 5 nitrogen and oxygen atoms in total. The molecule has 7 heteroatoms. The number of nitrogens with two attached hydrogens (primary N) is 1. The highest BCUT2D eigenvalue weighted by Gasteiger charge is 2.60. The second kappa shape index (κ2) is 10.7. The summed E-state index contributed by atoms with van der Waals surface area (Å²) >= 11 is 0. The minimum atomic E-state index is -2.64. The second-order valence-corrected chi connectivity index (χ2v) is 20.6. The zero-order valence-corrected chi connectivity index (χ0v) is 25.3. The van der Waals surface area contributed by atoms with Crippen LogP contribution in [-0.4, -0.2) is 35.9 Å². The van der Waals surface area contributed by atoms with Gasteiger partial charge in [0.1, 0.15) is 6.10 Å². The first kappa shape index (κ1) is 27.5. The Morgan fingerprint density at radius 2 is 1.36 bits per heavy atom. The van der Waals surface area contributed by atoms with Gasteiger partial charge in [-0.2, -0.15) is 0 Å². The lowest BCUT2D eigenvalue weighted by molar-refractivity contribution is -0.0384. The van der Waals surface area contributed by atoms with Crippen LogP contribution in [0.5, 0.6) is 0 Å². The van der Waals surface area contributed by atoms with Crippen molar-refractivity contribution in [1.82, 2.24) is 0 Å². The van der Waals surface area contributed by atoms with Crippen LogP contribution in [0, 0.1) is 0 Å². The van der Waals surface area contributed by atoms with Gasteiger partial charge in [0, 0.05) is 17.7 Å². The molecule has 2 saturated heterocycles. The van der Waals surface area contributed by atoms with E-state index >= 15 is 0 Å². The molecule has 0 unspecified atom stereocenters. The molecule has 0 amide bonds. The van der Waals surface area contributed by atoms with Crippen LogP contribution in [0.2, 0.25) is 22.2 Å². The van der Waals surface area contributed by atoms with Gasteiger partial charge in [-0.1, -0.05) is 97.9 Å². The van der Waals surface area contributed by atoms with Gasteiger partial charge in [0.05, 0.1) is 18.8 Å². The number of rotatable bonds is 6. The van der Waals surface area contributed by atoms with Gasteiger partial charge in [-0.3, -0.25) is 0 Å². The van der Waals surface area contributed by atoms with Crippen LogP contribution < -0.4 is 5.73 Å². The van der Waals surface area contributed by atoms with Gasteiger partial charge in [0.2, 0.25) is 0 Å². The molecule has 0 radical (unpaired) electrons. The Kier molecular flexibility index (Phi) is 8.20. The van der Waals surface area contributed by atoms with Crippen molar-refractivity contribution < 1.29 is 17.7 Å². The lowest BCUT2D eigenvalue weighted by atomic mass is 9.98. The Bertz CT molecular complexity index is 1010. The van der Waals surface area contributed by atoms with Crippen LogP contribution in [-0.2, 0) is 17.7 Å². The molecule has 3 atom stereocenters. The van der Waals surface area contributed by atoms with Crippen molar-refractivity contribution in [2.45, 2.75) is 102 Å². The maximum Gasteiger partial charge on any atom is 0.335 e. The molecule has 2 heterocycles. The van der Waals surface area contributed by atoms with Crippen LogP contribution in [0.3, 0.4) is 0 Å². The summed E-state index contributed by atoms with van der Waals surface area (Å²) in [7, 11) is -5.20. The minimum Gasteiger partial charge on any atom is -0.414 e. The third-order valence-corrected chi connectivity index (χ3v) is 18.4. The molecule has 198 valence electrons. The highest BCUT2D eigenvalue weighted by Crippen LogP contribution is 2.49. The molecule has 0 aromatic heterocycles. The first-order chi connectivity index (χ1) is 17.0. The molecule has 0 bridgehead atoms. The fraction of sp³-hybridized carbons (Fsp3) is 0.586. The molecule has 0 saturated carbocycles. The van der Waals surface area contributed by atoms with Gasteiger partial charge in [-0.25, -0.2) is 0 Å². The number of benzene rings is 2. The van der Waals surface area contributed by atoms with Crippen molar-refractivity contribution >= 4 is 22.8 Å². The summed E-state index contributed by atoms with van der Waals surface area (Å²) in [6.45, 7) is 18.5. The SMILES string of the molecule is CC(C)[Si]1(C(C)C)OC[C@H]2O[C@@H](c3ccc(-c4ccccc4)cc3N)C[C@@H]2O[Si](C(C)C)(C(C)C)O1. The molecule has 2 aromatic rings. The van der Waals surface area contributed by atoms with E-state index in [9.17, 15) is 0 Å². The zero-order chi connectivity index (χ0) is 26.3. The Labute approximate surface area is 220 Å². The van der Waals surface area contributed by atoms with Crippen LogP contribution in [0.4, 0.5) is 5.69 Å². The summed E-state index contributed by atoms with van der Waals surface area (Å²) in [4.78, 5) is 0. The molecule has 2 fully saturated rings. The van der Waals surface area contributed by atoms with E-state index < -0.39 is 17.1 Å². The molecule has 2 aromatic carbocycles. The van der Waals surface area contributed by atoms with Crippen molar-refractivity contribution in [3.05, 3.63) is 54.1 Å². The summed E-state index contributed by atoms with van der Waals surface area (Å²) in [5.74, 6) is 0. The van der Waals surface area contributed by atoms with Gasteiger partial charge in [0.25, 0.3) is 0 Å². The molecule has 2 N–H and O–H groups in total. The fourth-order valence-electron chi connectivity index (χ4n) is 6.03. The predicted molar refractivity (Wildman–Crippen MR) is 152 cm³/mol. The Morgan fingerprint density at radius 1 is 0.750 bits per heavy atom. The maximum atomic E-state index is 7.30. The van der Waals surface area contributed by atoms with E-state index in [2.05, 4.69) is 85.7 Å². The van der Waals surface area contributed by atoms with E-state index in [0.717, 1.165) is 28.8 Å². The minimum absolute atomic E-state index is 0.0639. The van der Waals surface area contributed by atoms with Gasteiger partial charge >= 0.3 is 17.1 Å². The van der Waals surface area contributed by atoms with Gasteiger partial charge in [0.15, 0.2) is 0 Å². The number of ether oxygens (including phenoxy) is 1. The van der Waals surface area contributed by atoms with E-state index in [1.807, 2.05) is 18.2 Å². The molecule has 0 spiro atoms. The number of hydrogen-bond acceptors (Lipinski definition) is 5. The Morgan fingerprint density at radius 3 is 1.92 bits per heavy atom. The second-order valence-electron chi connectivity index (χ2n) is 11.7. The quantitative estimate of drug-likeness (QED) is 0.308. The lowest BCUT2D eigenvalue weighted by Crippen LogP contribution is -2.65. The van der Waals surface area contributed by atoms with Crippen molar-refractivity contribution in [2.75, 3.05) is 12.3 Å². The number of fused-ring (bicyclic) bond motifs is 1. The van der Waals surface area contributed by atoms with Crippen LogP contribution in [0.25, 0.3) is 11.1 Å². The van der Waals surface area contributed by atoms with Crippen molar-refractivity contribution in [3.8, 4) is 11.1 Å². The lowest BCUT2D eigenvalue weighted by Gasteiger charge is -2.51. The number of nitrogen functional groups attached to an aromatic ring is 1. The van der Waals surface area contributed by atoms with Crippen LogP contribution >= 0.6 is 0 Å². The van der Waals surface area contributed by atoms with Crippen LogP contribution in [0.1, 0.15) is 73.5 Å². The standard InChI is InChI=1S/C29H45NO4Si2/c1-19(2)35(20(3)4)31-18-29-28(33-36(34-35,21(5)6)22(7)8)17-27(32-29)25-15-14-24(16-26(25)30)23-12-10-9-11-13-23/h9-16,19-22,27-29H,17-18,30H2,1-8H3/t27-,28+,29-/m1/s1. The van der Waals surface area contributed by atoms with E-state index in [0.29, 0.717) is 28.8 Å². The van der Waals surface area contributed by atoms with E-state index in [1.54, 1.807) is 0 Å². The molecule has 4 rings (SSSR count). The summed E-state index contributed by atoms with van der Waals surface area (Å²) in [6.07, 6.45) is 0.455. The molecular formula is C29H45NO4Si2. The number of anilines is 1. The normalized spacial score (nSPS) is 25.8. The predicted octanol–water partition coefficient (Wildman–Crippen LogP) is 7.72. The molecular weight excluding hydrogens is 482 g/mol. The highest BCUT2D eigenvalue weighted by molar-refractivity contribution is 6.83. The topological polar surface area (TPSA) is 62.9 Å². The summed E-state index contributed by atoms with van der Waals surface area (Å²) in [5, 5.41) is 0. The number of hydrogen-bond donors (Lipinski definition) is 1. The molecule has 0 aliphatic carbocycles. The summed E-state index contributed by atoms with van der Waals surface area (Å²) in [5.41, 5.74) is 11.9. The van der Waals surface area contributed by atoms with Gasteiger partial charge < -0.3 is 23.4 Å². The highest BCUT2D eigenvalue weighted by atomic mass is 28.5. The van der Waals surface area contributed by atoms with Crippen molar-refractivity contribution in [1.29, 1.82) is 0 Å². The maximum absolute atomic E-state index is 7.30. The third-order valence-electron chi connectivity index (χ3n) is 8.09. The molecule has 2 aliphatic heterocycles. The third kappa shape index (κ3) is 4.98. The largest absolute Gasteiger partial charge is 0.414 e. The summed E-state index contributed by atoms with van der Waals surface area (Å²) < 4.78 is 28.0. The van der Waals surface area contributed by atoms with Gasteiger partial charge in [-0.05, 0) is 39.4 Å². The molecule has 2 aliphatic rings. The van der Waals surface area contributed by atoms with Crippen LogP contribution in [0.15, 0.2) is 48.5 Å². The first-order valence-electron chi connectivity index (χ1n) is 13.6. The van der Waals surface area contributed by atoms with Gasteiger partial charge in [-0.15, -0.1) is 0 Å². The zero-order valence-electron chi connectivity index (χ0n) is 23.3. The Hall–Kier alpha value is -1.49. The average Bonchev–Trinajstić information content (AvgIpc) is 3.20. The fourth-order valence-corrected chi connectivity index (χ4v) is 17.2. The molecule has 36 heavy (non-hydrogen) atoms.